The molecule has 1 heterocycles. The fourth-order valence-electron chi connectivity index (χ4n) is 2.87. The lowest BCUT2D eigenvalue weighted by Crippen LogP contribution is -2.35. The number of hydrogen-bond donors (Lipinski definition) is 1. The molecule has 0 radical (unpaired) electrons. The van der Waals surface area contributed by atoms with Gasteiger partial charge in [-0.2, -0.15) is 0 Å². The van der Waals surface area contributed by atoms with E-state index < -0.39 is 0 Å². The molecule has 5 heteroatoms. The van der Waals surface area contributed by atoms with Crippen LogP contribution in [0.4, 0.5) is 0 Å². The Hall–Kier alpha value is -1.75. The van der Waals surface area contributed by atoms with Crippen LogP contribution in [-0.2, 0) is 0 Å². The van der Waals surface area contributed by atoms with Gasteiger partial charge in [-0.25, -0.2) is 0 Å². The number of nitrogens with one attached hydrogen (secondary N) is 1. The van der Waals surface area contributed by atoms with E-state index in [0.717, 1.165) is 18.9 Å². The van der Waals surface area contributed by atoms with Crippen LogP contribution in [0, 0.1) is 5.92 Å². The Balaban J connectivity index is 1.74. The molecule has 1 aromatic carbocycles. The maximum Gasteiger partial charge on any atom is 0.251 e. The summed E-state index contributed by atoms with van der Waals surface area (Å²) in [5, 5.41) is 2.97. The number of hydrogen-bond acceptors (Lipinski definition) is 4. The summed E-state index contributed by atoms with van der Waals surface area (Å²) in [4.78, 5) is 14.7. The molecule has 128 valence electrons. The second-order valence-electron chi connectivity index (χ2n) is 6.20. The van der Waals surface area contributed by atoms with Gasteiger partial charge in [-0.3, -0.25) is 4.79 Å². The molecule has 0 bridgehead atoms. The fraction of sp³-hybridized carbons (Fsp3) is 0.611. The normalized spacial score (nSPS) is 16.1. The van der Waals surface area contributed by atoms with Crippen LogP contribution < -0.4 is 14.8 Å². The summed E-state index contributed by atoms with van der Waals surface area (Å²) >= 11 is 0. The molecule has 0 atom stereocenters. The van der Waals surface area contributed by atoms with Gasteiger partial charge in [-0.15, -0.1) is 0 Å². The number of piperidine rings is 1. The molecule has 1 saturated heterocycles. The second kappa shape index (κ2) is 8.77. The molecule has 0 aliphatic carbocycles. The van der Waals surface area contributed by atoms with Crippen LogP contribution in [0.25, 0.3) is 0 Å². The maximum atomic E-state index is 12.2. The molecule has 2 rings (SSSR count). The van der Waals surface area contributed by atoms with E-state index in [2.05, 4.69) is 17.1 Å². The van der Waals surface area contributed by atoms with Gasteiger partial charge in [-0.05, 0) is 63.0 Å². The minimum Gasteiger partial charge on any atom is -0.493 e. The first-order chi connectivity index (χ1) is 11.1. The van der Waals surface area contributed by atoms with E-state index >= 15 is 0 Å². The number of nitrogens with zero attached hydrogens (tertiary/aromatic N) is 1. The standard InChI is InChI=1S/C18H28N2O3/c1-14-7-11-20(12-8-14)10-4-9-19-18(21)15-5-6-16(22-2)17(13-15)23-3/h5-6,13-14H,4,7-12H2,1-3H3,(H,19,21). The molecule has 0 aromatic heterocycles. The summed E-state index contributed by atoms with van der Waals surface area (Å²) in [5.41, 5.74) is 0.592. The molecule has 0 spiro atoms. The van der Waals surface area contributed by atoms with Gasteiger partial charge in [0.1, 0.15) is 0 Å². The molecule has 1 N–H and O–H groups in total. The monoisotopic (exact) mass is 320 g/mol. The predicted octanol–water partition coefficient (Wildman–Crippen LogP) is 2.56. The Morgan fingerprint density at radius 3 is 2.57 bits per heavy atom. The highest BCUT2D eigenvalue weighted by Crippen LogP contribution is 2.27. The zero-order valence-electron chi connectivity index (χ0n) is 14.4. The quantitative estimate of drug-likeness (QED) is 0.785. The highest BCUT2D eigenvalue weighted by atomic mass is 16.5. The van der Waals surface area contributed by atoms with Crippen LogP contribution in [0.2, 0.25) is 0 Å². The van der Waals surface area contributed by atoms with Crippen LogP contribution in [-0.4, -0.2) is 51.2 Å². The van der Waals surface area contributed by atoms with Crippen LogP contribution in [0.3, 0.4) is 0 Å². The average molecular weight is 320 g/mol. The Morgan fingerprint density at radius 2 is 1.91 bits per heavy atom. The summed E-state index contributed by atoms with van der Waals surface area (Å²) in [6.45, 7) is 6.44. The van der Waals surface area contributed by atoms with E-state index in [1.54, 1.807) is 32.4 Å². The fourth-order valence-corrected chi connectivity index (χ4v) is 2.87. The van der Waals surface area contributed by atoms with Crippen molar-refractivity contribution >= 4 is 5.91 Å². The van der Waals surface area contributed by atoms with Crippen LogP contribution in [0.1, 0.15) is 36.5 Å². The molecular weight excluding hydrogens is 292 g/mol. The zero-order chi connectivity index (χ0) is 16.7. The van der Waals surface area contributed by atoms with Crippen LogP contribution >= 0.6 is 0 Å². The summed E-state index contributed by atoms with van der Waals surface area (Å²) in [5.74, 6) is 1.99. The van der Waals surface area contributed by atoms with Gasteiger partial charge in [0.15, 0.2) is 11.5 Å². The number of ether oxygens (including phenoxy) is 2. The summed E-state index contributed by atoms with van der Waals surface area (Å²) in [7, 11) is 3.15. The lowest BCUT2D eigenvalue weighted by atomic mass is 9.99. The molecule has 1 aromatic rings. The minimum atomic E-state index is -0.0711. The smallest absolute Gasteiger partial charge is 0.251 e. The molecule has 1 aliphatic rings. The van der Waals surface area contributed by atoms with Gasteiger partial charge >= 0.3 is 0 Å². The van der Waals surface area contributed by atoms with Crippen molar-refractivity contribution in [1.29, 1.82) is 0 Å². The second-order valence-corrected chi connectivity index (χ2v) is 6.20. The third-order valence-electron chi connectivity index (χ3n) is 4.46. The number of amides is 1. The number of carbonyl (C=O) groups excluding carboxylic acids is 1. The van der Waals surface area contributed by atoms with Crippen molar-refractivity contribution in [2.24, 2.45) is 5.92 Å². The molecule has 0 saturated carbocycles. The van der Waals surface area contributed by atoms with Crippen molar-refractivity contribution in [3.05, 3.63) is 23.8 Å². The summed E-state index contributed by atoms with van der Waals surface area (Å²) in [6.07, 6.45) is 3.56. The lowest BCUT2D eigenvalue weighted by Gasteiger charge is -2.30. The first-order valence-corrected chi connectivity index (χ1v) is 8.36. The van der Waals surface area contributed by atoms with E-state index in [4.69, 9.17) is 9.47 Å². The van der Waals surface area contributed by atoms with Gasteiger partial charge in [0.05, 0.1) is 14.2 Å². The molecular formula is C18H28N2O3. The van der Waals surface area contributed by atoms with Crippen molar-refractivity contribution in [2.75, 3.05) is 40.4 Å². The Labute approximate surface area is 139 Å². The van der Waals surface area contributed by atoms with Crippen molar-refractivity contribution in [2.45, 2.75) is 26.2 Å². The SMILES string of the molecule is COc1ccc(C(=O)NCCCN2CCC(C)CC2)cc1OC. The molecule has 1 fully saturated rings. The lowest BCUT2D eigenvalue weighted by molar-refractivity contribution is 0.0950. The largest absolute Gasteiger partial charge is 0.493 e. The zero-order valence-corrected chi connectivity index (χ0v) is 14.4. The third-order valence-corrected chi connectivity index (χ3v) is 4.46. The molecule has 1 aliphatic heterocycles. The van der Waals surface area contributed by atoms with Crippen molar-refractivity contribution in [1.82, 2.24) is 10.2 Å². The molecule has 1 amide bonds. The molecule has 5 nitrogen and oxygen atoms in total. The van der Waals surface area contributed by atoms with Crippen molar-refractivity contribution < 1.29 is 14.3 Å². The van der Waals surface area contributed by atoms with Crippen molar-refractivity contribution in [3.63, 3.8) is 0 Å². The van der Waals surface area contributed by atoms with E-state index in [0.29, 0.717) is 23.6 Å². The van der Waals surface area contributed by atoms with E-state index in [1.807, 2.05) is 0 Å². The number of rotatable bonds is 7. The topological polar surface area (TPSA) is 50.8 Å². The minimum absolute atomic E-state index is 0.0711. The van der Waals surface area contributed by atoms with Gasteiger partial charge in [0, 0.05) is 12.1 Å². The third kappa shape index (κ3) is 5.13. The van der Waals surface area contributed by atoms with Gasteiger partial charge in [0.25, 0.3) is 5.91 Å². The van der Waals surface area contributed by atoms with Gasteiger partial charge in [0.2, 0.25) is 0 Å². The van der Waals surface area contributed by atoms with Crippen LogP contribution in [0.15, 0.2) is 18.2 Å². The Kier molecular flexibility index (Phi) is 6.71. The number of benzene rings is 1. The van der Waals surface area contributed by atoms with Gasteiger partial charge < -0.3 is 19.7 Å². The Morgan fingerprint density at radius 1 is 1.22 bits per heavy atom. The summed E-state index contributed by atoms with van der Waals surface area (Å²) in [6, 6.07) is 5.21. The summed E-state index contributed by atoms with van der Waals surface area (Å²) < 4.78 is 10.4. The first kappa shape index (κ1) is 17.6. The molecule has 23 heavy (non-hydrogen) atoms. The van der Waals surface area contributed by atoms with Crippen molar-refractivity contribution in [3.8, 4) is 11.5 Å². The van der Waals surface area contributed by atoms with Crippen LogP contribution in [0.5, 0.6) is 11.5 Å². The highest BCUT2D eigenvalue weighted by molar-refractivity contribution is 5.94. The van der Waals surface area contributed by atoms with Gasteiger partial charge in [-0.1, -0.05) is 6.92 Å². The number of methoxy groups -OCH3 is 2. The Bertz CT molecular complexity index is 511. The maximum absolute atomic E-state index is 12.2. The number of likely N-dealkylation sites (tertiary alicyclic amines) is 1. The van der Waals surface area contributed by atoms with E-state index in [-0.39, 0.29) is 5.91 Å². The molecule has 0 unspecified atom stereocenters. The number of carbonyl (C=O) groups is 1. The van der Waals surface area contributed by atoms with E-state index in [1.165, 1.54) is 25.9 Å². The van der Waals surface area contributed by atoms with E-state index in [9.17, 15) is 4.79 Å². The first-order valence-electron chi connectivity index (χ1n) is 8.36. The highest BCUT2D eigenvalue weighted by Gasteiger charge is 2.15. The average Bonchev–Trinajstić information content (AvgIpc) is 2.59. The predicted molar refractivity (Wildman–Crippen MR) is 91.3 cm³/mol.